The van der Waals surface area contributed by atoms with Crippen molar-refractivity contribution in [1.29, 1.82) is 0 Å². The van der Waals surface area contributed by atoms with Crippen LogP contribution in [0.2, 0.25) is 0 Å². The number of furan rings is 1. The smallest absolute Gasteiger partial charge is 0.339 e. The van der Waals surface area contributed by atoms with Gasteiger partial charge in [0.25, 0.3) is 5.91 Å². The number of hydrogen-bond donors (Lipinski definition) is 1. The molecule has 0 radical (unpaired) electrons. The molecule has 1 N–H and O–H groups in total. The van der Waals surface area contributed by atoms with Crippen LogP contribution in [-0.4, -0.2) is 23.5 Å². The van der Waals surface area contributed by atoms with Crippen molar-refractivity contribution in [2.45, 2.75) is 26.2 Å². The Labute approximate surface area is 132 Å². The van der Waals surface area contributed by atoms with E-state index in [4.69, 9.17) is 9.52 Å². The van der Waals surface area contributed by atoms with Gasteiger partial charge in [0.1, 0.15) is 17.1 Å². The molecule has 0 aliphatic carbocycles. The first kappa shape index (κ1) is 15.3. The molecule has 120 valence electrons. The Morgan fingerprint density at radius 1 is 1.35 bits per heavy atom. The number of amides is 1. The summed E-state index contributed by atoms with van der Waals surface area (Å²) >= 11 is 0. The van der Waals surface area contributed by atoms with Gasteiger partial charge in [0.2, 0.25) is 0 Å². The van der Waals surface area contributed by atoms with Gasteiger partial charge >= 0.3 is 5.97 Å². The fourth-order valence-electron chi connectivity index (χ4n) is 2.89. The second kappa shape index (κ2) is 5.87. The van der Waals surface area contributed by atoms with Crippen LogP contribution in [0.25, 0.3) is 0 Å². The maximum absolute atomic E-state index is 13.3. The minimum absolute atomic E-state index is 0.00331. The fourth-order valence-corrected chi connectivity index (χ4v) is 2.89. The van der Waals surface area contributed by atoms with E-state index < -0.39 is 11.9 Å². The Hall–Kier alpha value is -2.63. The number of carboxylic acid groups (broad SMARTS) is 1. The third kappa shape index (κ3) is 2.72. The molecule has 1 aromatic carbocycles. The van der Waals surface area contributed by atoms with E-state index in [1.807, 2.05) is 0 Å². The summed E-state index contributed by atoms with van der Waals surface area (Å²) in [5.74, 6) is -1.59. The fraction of sp³-hybridized carbons (Fsp3) is 0.294. The van der Waals surface area contributed by atoms with Gasteiger partial charge in [-0.25, -0.2) is 9.18 Å². The van der Waals surface area contributed by atoms with Crippen molar-refractivity contribution >= 4 is 17.6 Å². The normalized spacial score (nSPS) is 13.7. The van der Waals surface area contributed by atoms with Gasteiger partial charge in [0.15, 0.2) is 5.76 Å². The highest BCUT2D eigenvalue weighted by Gasteiger charge is 2.28. The van der Waals surface area contributed by atoms with Gasteiger partial charge in [-0.1, -0.05) is 6.92 Å². The number of hydrogen-bond acceptors (Lipinski definition) is 3. The van der Waals surface area contributed by atoms with E-state index in [1.54, 1.807) is 13.0 Å². The number of halogens is 1. The minimum Gasteiger partial charge on any atom is -0.478 e. The lowest BCUT2D eigenvalue weighted by atomic mass is 10.0. The van der Waals surface area contributed by atoms with E-state index in [9.17, 15) is 14.0 Å². The van der Waals surface area contributed by atoms with Crippen molar-refractivity contribution in [3.8, 4) is 0 Å². The van der Waals surface area contributed by atoms with Gasteiger partial charge in [-0.2, -0.15) is 0 Å². The number of fused-ring (bicyclic) bond motifs is 1. The number of aryl methyl sites for hydroxylation is 2. The number of rotatable bonds is 3. The summed E-state index contributed by atoms with van der Waals surface area (Å²) in [5, 5.41) is 9.16. The third-order valence-electron chi connectivity index (χ3n) is 3.98. The number of carbonyl (C=O) groups excluding carboxylic acids is 1. The molecule has 5 nitrogen and oxygen atoms in total. The summed E-state index contributed by atoms with van der Waals surface area (Å²) in [6.07, 6.45) is 1.81. The van der Waals surface area contributed by atoms with Crippen molar-refractivity contribution in [2.75, 3.05) is 11.4 Å². The van der Waals surface area contributed by atoms with Crippen LogP contribution in [0, 0.1) is 5.82 Å². The van der Waals surface area contributed by atoms with E-state index in [1.165, 1.54) is 23.1 Å². The standard InChI is InChI=1S/C17H16FNO4/c1-2-14-12(17(21)22)9-15(23-14)16(20)19-7-3-4-10-8-11(18)5-6-13(10)19/h5-6,8-9H,2-4,7H2,1H3,(H,21,22). The van der Waals surface area contributed by atoms with Crippen LogP contribution in [0.15, 0.2) is 28.7 Å². The van der Waals surface area contributed by atoms with Crippen molar-refractivity contribution in [3.05, 3.63) is 52.7 Å². The highest BCUT2D eigenvalue weighted by Crippen LogP contribution is 2.30. The lowest BCUT2D eigenvalue weighted by Crippen LogP contribution is -2.35. The highest BCUT2D eigenvalue weighted by molar-refractivity contribution is 6.06. The van der Waals surface area contributed by atoms with Gasteiger partial charge in [0, 0.05) is 24.7 Å². The molecule has 0 spiro atoms. The van der Waals surface area contributed by atoms with Crippen LogP contribution in [0.5, 0.6) is 0 Å². The molecular weight excluding hydrogens is 301 g/mol. The molecular formula is C17H16FNO4. The van der Waals surface area contributed by atoms with Gasteiger partial charge in [-0.3, -0.25) is 4.79 Å². The average Bonchev–Trinajstić information content (AvgIpc) is 2.98. The molecule has 2 aromatic rings. The van der Waals surface area contributed by atoms with Crippen LogP contribution < -0.4 is 4.90 Å². The Bertz CT molecular complexity index is 781. The van der Waals surface area contributed by atoms with Crippen LogP contribution >= 0.6 is 0 Å². The van der Waals surface area contributed by atoms with E-state index in [0.717, 1.165) is 12.0 Å². The molecule has 1 aliphatic heterocycles. The van der Waals surface area contributed by atoms with Gasteiger partial charge in [0.05, 0.1) is 0 Å². The molecule has 0 unspecified atom stereocenters. The lowest BCUT2D eigenvalue weighted by Gasteiger charge is -2.28. The molecule has 1 aliphatic rings. The zero-order valence-corrected chi connectivity index (χ0v) is 12.6. The van der Waals surface area contributed by atoms with Crippen molar-refractivity contribution < 1.29 is 23.5 Å². The number of benzene rings is 1. The molecule has 1 aromatic heterocycles. The summed E-state index contributed by atoms with van der Waals surface area (Å²) in [6.45, 7) is 2.25. The zero-order valence-electron chi connectivity index (χ0n) is 12.6. The SMILES string of the molecule is CCc1oc(C(=O)N2CCCc3cc(F)ccc32)cc1C(=O)O. The molecule has 0 fully saturated rings. The quantitative estimate of drug-likeness (QED) is 0.943. The molecule has 2 heterocycles. The zero-order chi connectivity index (χ0) is 16.6. The topological polar surface area (TPSA) is 70.8 Å². The Morgan fingerprint density at radius 3 is 2.78 bits per heavy atom. The maximum atomic E-state index is 13.3. The van der Waals surface area contributed by atoms with Gasteiger partial charge in [-0.05, 0) is 36.6 Å². The number of anilines is 1. The number of carbonyl (C=O) groups is 2. The van der Waals surface area contributed by atoms with Crippen LogP contribution in [0.3, 0.4) is 0 Å². The van der Waals surface area contributed by atoms with Crippen molar-refractivity contribution in [2.24, 2.45) is 0 Å². The van der Waals surface area contributed by atoms with Crippen LogP contribution in [-0.2, 0) is 12.8 Å². The van der Waals surface area contributed by atoms with Gasteiger partial charge in [-0.15, -0.1) is 0 Å². The predicted molar refractivity (Wildman–Crippen MR) is 81.4 cm³/mol. The summed E-state index contributed by atoms with van der Waals surface area (Å²) in [7, 11) is 0. The van der Waals surface area contributed by atoms with Crippen LogP contribution in [0.1, 0.15) is 45.6 Å². The second-order valence-corrected chi connectivity index (χ2v) is 5.44. The summed E-state index contributed by atoms with van der Waals surface area (Å²) in [5.41, 5.74) is 1.42. The largest absolute Gasteiger partial charge is 0.478 e. The molecule has 0 atom stereocenters. The van der Waals surface area contributed by atoms with E-state index in [-0.39, 0.29) is 22.9 Å². The van der Waals surface area contributed by atoms with Crippen LogP contribution in [0.4, 0.5) is 10.1 Å². The van der Waals surface area contributed by atoms with E-state index in [2.05, 4.69) is 0 Å². The van der Waals surface area contributed by atoms with E-state index in [0.29, 0.717) is 25.1 Å². The Morgan fingerprint density at radius 2 is 2.13 bits per heavy atom. The summed E-state index contributed by atoms with van der Waals surface area (Å²) in [6, 6.07) is 5.58. The molecule has 1 amide bonds. The first-order valence-electron chi connectivity index (χ1n) is 7.47. The molecule has 0 saturated carbocycles. The molecule has 3 rings (SSSR count). The first-order chi connectivity index (χ1) is 11.0. The number of nitrogens with zero attached hydrogens (tertiary/aromatic N) is 1. The monoisotopic (exact) mass is 317 g/mol. The maximum Gasteiger partial charge on any atom is 0.339 e. The molecule has 23 heavy (non-hydrogen) atoms. The first-order valence-corrected chi connectivity index (χ1v) is 7.47. The Balaban J connectivity index is 1.98. The number of aromatic carboxylic acids is 1. The van der Waals surface area contributed by atoms with Crippen molar-refractivity contribution in [1.82, 2.24) is 0 Å². The molecule has 0 saturated heterocycles. The highest BCUT2D eigenvalue weighted by atomic mass is 19.1. The van der Waals surface area contributed by atoms with Gasteiger partial charge < -0.3 is 14.4 Å². The van der Waals surface area contributed by atoms with Crippen molar-refractivity contribution in [3.63, 3.8) is 0 Å². The molecule has 6 heteroatoms. The third-order valence-corrected chi connectivity index (χ3v) is 3.98. The summed E-state index contributed by atoms with van der Waals surface area (Å²) < 4.78 is 18.8. The van der Waals surface area contributed by atoms with E-state index >= 15 is 0 Å². The Kier molecular flexibility index (Phi) is 3.90. The second-order valence-electron chi connectivity index (χ2n) is 5.44. The molecule has 0 bridgehead atoms. The lowest BCUT2D eigenvalue weighted by molar-refractivity contribution is 0.0694. The minimum atomic E-state index is -1.12. The number of carboxylic acids is 1. The average molecular weight is 317 g/mol. The predicted octanol–water partition coefficient (Wildman–Crippen LogP) is 3.27. The summed E-state index contributed by atoms with van der Waals surface area (Å²) in [4.78, 5) is 25.4.